The van der Waals surface area contributed by atoms with Crippen LogP contribution in [-0.2, 0) is 12.8 Å². The fraction of sp³-hybridized carbons (Fsp3) is 0.286. The number of nitrogens with zero attached hydrogens (tertiary/aromatic N) is 1. The fourth-order valence-electron chi connectivity index (χ4n) is 4.97. The van der Waals surface area contributed by atoms with Crippen molar-refractivity contribution in [1.82, 2.24) is 4.90 Å². The summed E-state index contributed by atoms with van der Waals surface area (Å²) in [5.41, 5.74) is 7.25. The van der Waals surface area contributed by atoms with Crippen molar-refractivity contribution in [2.75, 3.05) is 20.1 Å². The van der Waals surface area contributed by atoms with Gasteiger partial charge >= 0.3 is 0 Å². The van der Waals surface area contributed by atoms with Gasteiger partial charge in [0.2, 0.25) is 0 Å². The van der Waals surface area contributed by atoms with Crippen molar-refractivity contribution >= 4 is 11.4 Å². The van der Waals surface area contributed by atoms with Gasteiger partial charge in [0, 0.05) is 18.7 Å². The van der Waals surface area contributed by atoms with E-state index in [-0.39, 0.29) is 5.41 Å². The maximum atomic E-state index is 13.4. The normalized spacial score (nSPS) is 25.7. The lowest BCUT2D eigenvalue weighted by Crippen LogP contribution is -2.45. The van der Waals surface area contributed by atoms with Crippen LogP contribution in [0, 0.1) is 5.41 Å². The molecule has 0 saturated heterocycles. The number of rotatable bonds is 0. The molecule has 0 saturated carbocycles. The Kier molecular flexibility index (Phi) is 2.55. The molecule has 1 heterocycles. The van der Waals surface area contributed by atoms with E-state index < -0.39 is 0 Å². The number of benzene rings is 2. The molecule has 2 aliphatic carbocycles. The summed E-state index contributed by atoms with van der Waals surface area (Å²) < 4.78 is 0. The monoisotopic (exact) mass is 301 g/mol. The fourth-order valence-corrected chi connectivity index (χ4v) is 4.97. The molecule has 2 nitrogen and oxygen atoms in total. The van der Waals surface area contributed by atoms with Crippen molar-refractivity contribution < 1.29 is 4.79 Å². The van der Waals surface area contributed by atoms with Crippen LogP contribution in [0.25, 0.3) is 5.57 Å². The van der Waals surface area contributed by atoms with Gasteiger partial charge in [-0.15, -0.1) is 0 Å². The zero-order valence-electron chi connectivity index (χ0n) is 13.3. The smallest absolute Gasteiger partial charge is 0.175 e. The molecule has 114 valence electrons. The average Bonchev–Trinajstić information content (AvgIpc) is 3.04. The van der Waals surface area contributed by atoms with Crippen LogP contribution < -0.4 is 0 Å². The number of carbonyl (C=O) groups excluding carboxylic acids is 1. The average molecular weight is 301 g/mol. The molecule has 23 heavy (non-hydrogen) atoms. The Morgan fingerprint density at radius 3 is 2.43 bits per heavy atom. The molecule has 0 aromatic heterocycles. The van der Waals surface area contributed by atoms with Crippen LogP contribution >= 0.6 is 0 Å². The van der Waals surface area contributed by atoms with E-state index in [0.29, 0.717) is 5.78 Å². The molecule has 1 atom stereocenters. The molecule has 1 unspecified atom stereocenters. The lowest BCUT2D eigenvalue weighted by Gasteiger charge is -2.39. The first kappa shape index (κ1) is 13.3. The van der Waals surface area contributed by atoms with Crippen LogP contribution in [0.15, 0.2) is 54.1 Å². The van der Waals surface area contributed by atoms with Crippen LogP contribution in [0.2, 0.25) is 0 Å². The zero-order chi connectivity index (χ0) is 15.6. The highest BCUT2D eigenvalue weighted by Gasteiger charge is 2.53. The van der Waals surface area contributed by atoms with Gasteiger partial charge in [0.25, 0.3) is 0 Å². The third-order valence-corrected chi connectivity index (χ3v) is 5.71. The molecule has 0 fully saturated rings. The van der Waals surface area contributed by atoms with Crippen LogP contribution in [0.4, 0.5) is 0 Å². The van der Waals surface area contributed by atoms with Gasteiger partial charge in [-0.25, -0.2) is 0 Å². The summed E-state index contributed by atoms with van der Waals surface area (Å²) in [7, 11) is 2.14. The lowest BCUT2D eigenvalue weighted by molar-refractivity contribution is 0.0833. The summed E-state index contributed by atoms with van der Waals surface area (Å²) in [5, 5.41) is 0. The van der Waals surface area contributed by atoms with Crippen LogP contribution in [0.1, 0.15) is 27.0 Å². The third kappa shape index (κ3) is 1.64. The topological polar surface area (TPSA) is 20.3 Å². The summed E-state index contributed by atoms with van der Waals surface area (Å²) in [6.45, 7) is 1.81. The van der Waals surface area contributed by atoms with Crippen molar-refractivity contribution in [2.45, 2.75) is 12.8 Å². The quantitative estimate of drug-likeness (QED) is 0.743. The summed E-state index contributed by atoms with van der Waals surface area (Å²) >= 11 is 0. The van der Waals surface area contributed by atoms with Gasteiger partial charge in [0.05, 0.1) is 5.41 Å². The number of fused-ring (bicyclic) bond motifs is 4. The van der Waals surface area contributed by atoms with Crippen molar-refractivity contribution in [1.29, 1.82) is 0 Å². The van der Waals surface area contributed by atoms with E-state index in [1.807, 2.05) is 12.1 Å². The largest absolute Gasteiger partial charge is 0.301 e. The SMILES string of the molecule is CN1CC2=C(c3ccccc3C2)C2(Cc3ccccc3C2=O)C1. The molecule has 1 spiro atoms. The molecule has 2 aromatic carbocycles. The molecule has 2 heteroatoms. The molecule has 5 rings (SSSR count). The van der Waals surface area contributed by atoms with E-state index in [0.717, 1.165) is 31.5 Å². The highest BCUT2D eigenvalue weighted by Crippen LogP contribution is 2.53. The minimum atomic E-state index is -0.376. The third-order valence-electron chi connectivity index (χ3n) is 5.71. The number of Topliss-reactive ketones (excluding diaryl/α,β-unsaturated/α-hetero) is 1. The Hall–Kier alpha value is -2.19. The molecule has 2 aromatic rings. The predicted molar refractivity (Wildman–Crippen MR) is 91.5 cm³/mol. The van der Waals surface area contributed by atoms with Crippen molar-refractivity contribution in [3.8, 4) is 0 Å². The van der Waals surface area contributed by atoms with E-state index in [1.54, 1.807) is 0 Å². The van der Waals surface area contributed by atoms with Gasteiger partial charge in [0.1, 0.15) is 0 Å². The number of hydrogen-bond acceptors (Lipinski definition) is 2. The second-order valence-corrected chi connectivity index (χ2v) is 7.23. The van der Waals surface area contributed by atoms with Gasteiger partial charge in [-0.2, -0.15) is 0 Å². The number of carbonyl (C=O) groups is 1. The Balaban J connectivity index is 1.75. The van der Waals surface area contributed by atoms with Crippen molar-refractivity contribution in [3.05, 3.63) is 76.4 Å². The van der Waals surface area contributed by atoms with Gasteiger partial charge < -0.3 is 4.90 Å². The highest BCUT2D eigenvalue weighted by atomic mass is 16.1. The van der Waals surface area contributed by atoms with Gasteiger partial charge in [-0.1, -0.05) is 48.5 Å². The summed E-state index contributed by atoms with van der Waals surface area (Å²) in [6.07, 6.45) is 1.85. The first-order valence-electron chi connectivity index (χ1n) is 8.31. The van der Waals surface area contributed by atoms with E-state index >= 15 is 0 Å². The molecule has 0 bridgehead atoms. The van der Waals surface area contributed by atoms with Crippen molar-refractivity contribution in [3.63, 3.8) is 0 Å². The summed E-state index contributed by atoms with van der Waals surface area (Å²) in [5.74, 6) is 0.323. The van der Waals surface area contributed by atoms with Crippen molar-refractivity contribution in [2.24, 2.45) is 5.41 Å². The second-order valence-electron chi connectivity index (χ2n) is 7.23. The Labute approximate surface area is 136 Å². The van der Waals surface area contributed by atoms with Crippen LogP contribution in [0.5, 0.6) is 0 Å². The number of likely N-dealkylation sites (N-methyl/N-ethyl adjacent to an activating group) is 1. The Morgan fingerprint density at radius 2 is 1.65 bits per heavy atom. The minimum absolute atomic E-state index is 0.323. The first-order valence-corrected chi connectivity index (χ1v) is 8.31. The maximum Gasteiger partial charge on any atom is 0.175 e. The van der Waals surface area contributed by atoms with Crippen LogP contribution in [-0.4, -0.2) is 30.8 Å². The van der Waals surface area contributed by atoms with Crippen LogP contribution in [0.3, 0.4) is 0 Å². The van der Waals surface area contributed by atoms with E-state index in [4.69, 9.17) is 0 Å². The Morgan fingerprint density at radius 1 is 0.957 bits per heavy atom. The molecule has 0 amide bonds. The minimum Gasteiger partial charge on any atom is -0.301 e. The van der Waals surface area contributed by atoms with E-state index in [2.05, 4.69) is 48.3 Å². The number of hydrogen-bond donors (Lipinski definition) is 0. The van der Waals surface area contributed by atoms with Gasteiger partial charge in [-0.3, -0.25) is 4.79 Å². The maximum absolute atomic E-state index is 13.4. The van der Waals surface area contributed by atoms with Gasteiger partial charge in [0.15, 0.2) is 5.78 Å². The highest BCUT2D eigenvalue weighted by molar-refractivity contribution is 6.13. The standard InChI is InChI=1S/C21H19NO/c1-22-12-16-10-14-6-2-4-8-17(14)19(16)21(13-22)11-15-7-3-5-9-18(15)20(21)23/h2-9H,10-13H2,1H3. The molecular weight excluding hydrogens is 282 g/mol. The Bertz CT molecular complexity index is 879. The molecule has 0 N–H and O–H groups in total. The lowest BCUT2D eigenvalue weighted by atomic mass is 9.71. The van der Waals surface area contributed by atoms with E-state index in [9.17, 15) is 4.79 Å². The molecule has 0 radical (unpaired) electrons. The number of ketones is 1. The molecular formula is C21H19NO. The zero-order valence-corrected chi connectivity index (χ0v) is 13.3. The first-order chi connectivity index (χ1) is 11.2. The summed E-state index contributed by atoms with van der Waals surface area (Å²) in [6, 6.07) is 16.8. The molecule has 3 aliphatic rings. The predicted octanol–water partition coefficient (Wildman–Crippen LogP) is 3.37. The van der Waals surface area contributed by atoms with Gasteiger partial charge in [-0.05, 0) is 47.7 Å². The second kappa shape index (κ2) is 4.42. The van der Waals surface area contributed by atoms with E-state index in [1.165, 1.54) is 27.8 Å². The molecule has 1 aliphatic heterocycles. The summed E-state index contributed by atoms with van der Waals surface area (Å²) in [4.78, 5) is 15.7.